The van der Waals surface area contributed by atoms with Gasteiger partial charge in [-0.05, 0) is 36.2 Å². The molecule has 2 aromatic rings. The van der Waals surface area contributed by atoms with Crippen molar-refractivity contribution in [2.75, 3.05) is 10.5 Å². The quantitative estimate of drug-likeness (QED) is 0.382. The molecular formula is C12H11N3O2S. The van der Waals surface area contributed by atoms with Crippen molar-refractivity contribution in [1.82, 2.24) is 0 Å². The van der Waals surface area contributed by atoms with Gasteiger partial charge in [0.2, 0.25) is 0 Å². The maximum Gasteiger partial charge on any atom is 0.294 e. The largest absolute Gasteiger partial charge is 0.393 e. The molecule has 0 heterocycles. The number of nitro groups is 1. The van der Waals surface area contributed by atoms with Gasteiger partial charge in [-0.1, -0.05) is 18.2 Å². The first-order valence-corrected chi connectivity index (χ1v) is 6.00. The zero-order valence-corrected chi connectivity index (χ0v) is 10.2. The molecule has 0 aromatic heterocycles. The van der Waals surface area contributed by atoms with Crippen LogP contribution < -0.4 is 10.5 Å². The minimum atomic E-state index is -0.492. The number of hydrogen-bond acceptors (Lipinski definition) is 5. The lowest BCUT2D eigenvalue weighted by molar-refractivity contribution is -0.383. The van der Waals surface area contributed by atoms with Gasteiger partial charge in [0.25, 0.3) is 5.69 Å². The number of nitrogen functional groups attached to an aromatic ring is 1. The number of rotatable bonds is 4. The molecule has 3 N–H and O–H groups in total. The second-order valence-electron chi connectivity index (χ2n) is 3.55. The molecule has 0 fully saturated rings. The Kier molecular flexibility index (Phi) is 3.69. The summed E-state index contributed by atoms with van der Waals surface area (Å²) in [5.41, 5.74) is 6.24. The highest BCUT2D eigenvalue weighted by atomic mass is 32.2. The van der Waals surface area contributed by atoms with E-state index in [0.717, 1.165) is 4.90 Å². The molecule has 2 aromatic carbocycles. The van der Waals surface area contributed by atoms with Gasteiger partial charge in [0.05, 0.1) is 10.6 Å². The molecule has 0 saturated heterocycles. The molecule has 0 spiro atoms. The molecule has 92 valence electrons. The third kappa shape index (κ3) is 2.92. The number of benzene rings is 2. The molecule has 2 rings (SSSR count). The number of nitrogens with two attached hydrogens (primary N) is 1. The fourth-order valence-electron chi connectivity index (χ4n) is 1.37. The van der Waals surface area contributed by atoms with Crippen molar-refractivity contribution in [1.29, 1.82) is 0 Å². The molecule has 0 aliphatic heterocycles. The molecule has 0 atom stereocenters. The van der Waals surface area contributed by atoms with E-state index in [9.17, 15) is 10.1 Å². The molecule has 0 unspecified atom stereocenters. The second-order valence-corrected chi connectivity index (χ2v) is 4.43. The van der Waals surface area contributed by atoms with E-state index < -0.39 is 4.92 Å². The summed E-state index contributed by atoms with van der Waals surface area (Å²) < 4.78 is 3.04. The standard InChI is InChI=1S/C12H11N3O2S/c13-11-7-6-9(8-12(11)15(16)17)14-18-10-4-2-1-3-5-10/h1-8,14H,13H2. The van der Waals surface area contributed by atoms with Crippen LogP contribution in [-0.4, -0.2) is 4.92 Å². The average Bonchev–Trinajstić information content (AvgIpc) is 2.38. The van der Waals surface area contributed by atoms with Crippen molar-refractivity contribution in [3.63, 3.8) is 0 Å². The zero-order valence-electron chi connectivity index (χ0n) is 9.37. The van der Waals surface area contributed by atoms with Gasteiger partial charge in [0, 0.05) is 11.0 Å². The zero-order chi connectivity index (χ0) is 13.0. The lowest BCUT2D eigenvalue weighted by Crippen LogP contribution is -1.96. The van der Waals surface area contributed by atoms with Gasteiger partial charge in [-0.3, -0.25) is 10.1 Å². The molecule has 0 aliphatic carbocycles. The minimum absolute atomic E-state index is 0.0892. The van der Waals surface area contributed by atoms with E-state index in [0.29, 0.717) is 5.69 Å². The predicted molar refractivity (Wildman–Crippen MR) is 73.4 cm³/mol. The van der Waals surface area contributed by atoms with E-state index in [2.05, 4.69) is 4.72 Å². The normalized spacial score (nSPS) is 10.0. The van der Waals surface area contributed by atoms with Crippen LogP contribution in [0.15, 0.2) is 53.4 Å². The van der Waals surface area contributed by atoms with Crippen LogP contribution in [0.2, 0.25) is 0 Å². The van der Waals surface area contributed by atoms with Crippen molar-refractivity contribution in [2.45, 2.75) is 4.90 Å². The Morgan fingerprint density at radius 1 is 1.17 bits per heavy atom. The number of nitrogens with zero attached hydrogens (tertiary/aromatic N) is 1. The first-order valence-electron chi connectivity index (χ1n) is 5.18. The van der Waals surface area contributed by atoms with Crippen LogP contribution in [0.1, 0.15) is 0 Å². The summed E-state index contributed by atoms with van der Waals surface area (Å²) in [6.45, 7) is 0. The van der Waals surface area contributed by atoms with Gasteiger partial charge in [0.1, 0.15) is 5.69 Å². The predicted octanol–water partition coefficient (Wildman–Crippen LogP) is 3.30. The van der Waals surface area contributed by atoms with Gasteiger partial charge >= 0.3 is 0 Å². The van der Waals surface area contributed by atoms with Crippen LogP contribution in [0.25, 0.3) is 0 Å². The van der Waals surface area contributed by atoms with Gasteiger partial charge in [-0.2, -0.15) is 0 Å². The number of anilines is 2. The Morgan fingerprint density at radius 2 is 1.89 bits per heavy atom. The lowest BCUT2D eigenvalue weighted by Gasteiger charge is -2.06. The Balaban J connectivity index is 2.11. The van der Waals surface area contributed by atoms with Crippen LogP contribution in [-0.2, 0) is 0 Å². The van der Waals surface area contributed by atoms with E-state index in [1.165, 1.54) is 24.1 Å². The van der Waals surface area contributed by atoms with E-state index in [-0.39, 0.29) is 11.4 Å². The molecule has 0 bridgehead atoms. The summed E-state index contributed by atoms with van der Waals surface area (Å²) in [5, 5.41) is 10.7. The van der Waals surface area contributed by atoms with E-state index in [1.54, 1.807) is 6.07 Å². The molecule has 0 radical (unpaired) electrons. The fraction of sp³-hybridized carbons (Fsp3) is 0. The second kappa shape index (κ2) is 5.42. The van der Waals surface area contributed by atoms with Gasteiger partial charge < -0.3 is 10.5 Å². The van der Waals surface area contributed by atoms with Crippen LogP contribution in [0.4, 0.5) is 17.1 Å². The highest BCUT2D eigenvalue weighted by Gasteiger charge is 2.11. The Hall–Kier alpha value is -2.21. The smallest absolute Gasteiger partial charge is 0.294 e. The van der Waals surface area contributed by atoms with Gasteiger partial charge in [-0.15, -0.1) is 0 Å². The summed E-state index contributed by atoms with van der Waals surface area (Å²) >= 11 is 1.39. The Labute approximate surface area is 108 Å². The third-order valence-corrected chi connectivity index (χ3v) is 3.10. The van der Waals surface area contributed by atoms with E-state index in [1.807, 2.05) is 30.3 Å². The molecule has 0 saturated carbocycles. The fourth-order valence-corrected chi connectivity index (χ4v) is 2.03. The van der Waals surface area contributed by atoms with E-state index >= 15 is 0 Å². The van der Waals surface area contributed by atoms with Crippen molar-refractivity contribution in [3.05, 3.63) is 58.6 Å². The van der Waals surface area contributed by atoms with Crippen molar-refractivity contribution < 1.29 is 4.92 Å². The summed E-state index contributed by atoms with van der Waals surface area (Å²) in [6, 6.07) is 14.3. The Morgan fingerprint density at radius 3 is 2.56 bits per heavy atom. The minimum Gasteiger partial charge on any atom is -0.393 e. The summed E-state index contributed by atoms with van der Waals surface area (Å²) in [6.07, 6.45) is 0. The van der Waals surface area contributed by atoms with Crippen LogP contribution >= 0.6 is 11.9 Å². The van der Waals surface area contributed by atoms with Crippen molar-refractivity contribution in [3.8, 4) is 0 Å². The molecule has 6 heteroatoms. The maximum absolute atomic E-state index is 10.7. The van der Waals surface area contributed by atoms with Crippen molar-refractivity contribution in [2.24, 2.45) is 0 Å². The molecule has 18 heavy (non-hydrogen) atoms. The number of nitrogens with one attached hydrogen (secondary N) is 1. The first-order chi connectivity index (χ1) is 8.66. The lowest BCUT2D eigenvalue weighted by atomic mass is 10.2. The highest BCUT2D eigenvalue weighted by Crippen LogP contribution is 2.28. The Bertz CT molecular complexity index is 561. The van der Waals surface area contributed by atoms with Gasteiger partial charge in [0.15, 0.2) is 0 Å². The summed E-state index contributed by atoms with van der Waals surface area (Å²) in [4.78, 5) is 11.3. The van der Waals surface area contributed by atoms with E-state index in [4.69, 9.17) is 5.73 Å². The number of nitro benzene ring substituents is 1. The molecule has 0 aliphatic rings. The maximum atomic E-state index is 10.7. The average molecular weight is 261 g/mol. The van der Waals surface area contributed by atoms with Crippen LogP contribution in [0.5, 0.6) is 0 Å². The van der Waals surface area contributed by atoms with Crippen molar-refractivity contribution >= 4 is 29.0 Å². The third-order valence-electron chi connectivity index (χ3n) is 2.26. The first kappa shape index (κ1) is 12.3. The SMILES string of the molecule is Nc1ccc(NSc2ccccc2)cc1[N+](=O)[O-]. The topological polar surface area (TPSA) is 81.2 Å². The van der Waals surface area contributed by atoms with Crippen LogP contribution in [0, 0.1) is 10.1 Å². The molecule has 5 nitrogen and oxygen atoms in total. The van der Waals surface area contributed by atoms with Crippen LogP contribution in [0.3, 0.4) is 0 Å². The number of hydrogen-bond donors (Lipinski definition) is 2. The van der Waals surface area contributed by atoms with Gasteiger partial charge in [-0.25, -0.2) is 0 Å². The summed E-state index contributed by atoms with van der Waals surface area (Å²) in [7, 11) is 0. The molecule has 0 amide bonds. The monoisotopic (exact) mass is 261 g/mol. The highest BCUT2D eigenvalue weighted by molar-refractivity contribution is 8.00. The summed E-state index contributed by atoms with van der Waals surface area (Å²) in [5.74, 6) is 0. The molecular weight excluding hydrogens is 250 g/mol.